The predicted octanol–water partition coefficient (Wildman–Crippen LogP) is 2.42. The molecule has 0 radical (unpaired) electrons. The summed E-state index contributed by atoms with van der Waals surface area (Å²) in [5, 5.41) is 8.83. The topological polar surface area (TPSA) is 50.2 Å². The molecule has 1 aromatic rings. The summed E-state index contributed by atoms with van der Waals surface area (Å²) in [6, 6.07) is 1.47. The van der Waals surface area contributed by atoms with Gasteiger partial charge in [-0.2, -0.15) is 0 Å². The highest BCUT2D eigenvalue weighted by atomic mass is 35.5. The van der Waals surface area contributed by atoms with Crippen LogP contribution < -0.4 is 0 Å². The van der Waals surface area contributed by atoms with Gasteiger partial charge in [0.25, 0.3) is 0 Å². The summed E-state index contributed by atoms with van der Waals surface area (Å²) in [5.74, 6) is -0.419. The third kappa shape index (κ3) is 2.85. The number of rotatable bonds is 4. The molecule has 3 nitrogen and oxygen atoms in total. The number of aromatic carboxylic acids is 1. The van der Waals surface area contributed by atoms with E-state index in [1.54, 1.807) is 6.08 Å². The van der Waals surface area contributed by atoms with Crippen molar-refractivity contribution in [3.8, 4) is 0 Å². The lowest BCUT2D eigenvalue weighted by atomic mass is 10.1. The van der Waals surface area contributed by atoms with Gasteiger partial charge in [0.15, 0.2) is 0 Å². The Bertz CT molecular complexity index is 350. The molecule has 4 heteroatoms. The van der Waals surface area contributed by atoms with E-state index in [1.807, 2.05) is 6.08 Å². The Balaban J connectivity index is 2.90. The standard InChI is InChI=1S/C10H10ClNO2/c11-5-2-1-3-8-7-12-6-4-9(8)10(13)14/h1,3-4,6-7H,2,5H2,(H,13,14). The highest BCUT2D eigenvalue weighted by Crippen LogP contribution is 2.09. The predicted molar refractivity (Wildman–Crippen MR) is 55.6 cm³/mol. The van der Waals surface area contributed by atoms with E-state index < -0.39 is 5.97 Å². The van der Waals surface area contributed by atoms with E-state index in [2.05, 4.69) is 4.98 Å². The van der Waals surface area contributed by atoms with Crippen molar-refractivity contribution in [1.82, 2.24) is 4.98 Å². The second-order valence-electron chi connectivity index (χ2n) is 2.65. The fourth-order valence-corrected chi connectivity index (χ4v) is 1.13. The van der Waals surface area contributed by atoms with Gasteiger partial charge in [0.05, 0.1) is 5.56 Å². The van der Waals surface area contributed by atoms with Crippen molar-refractivity contribution < 1.29 is 9.90 Å². The summed E-state index contributed by atoms with van der Waals surface area (Å²) >= 11 is 5.49. The number of nitrogens with zero attached hydrogens (tertiary/aromatic N) is 1. The Labute approximate surface area is 87.0 Å². The number of hydrogen-bond acceptors (Lipinski definition) is 2. The van der Waals surface area contributed by atoms with Crippen LogP contribution in [0.15, 0.2) is 24.5 Å². The molecule has 0 bridgehead atoms. The van der Waals surface area contributed by atoms with Gasteiger partial charge in [-0.25, -0.2) is 4.79 Å². The number of pyridine rings is 1. The maximum atomic E-state index is 10.8. The molecule has 0 spiro atoms. The maximum absolute atomic E-state index is 10.8. The number of carboxylic acids is 1. The SMILES string of the molecule is O=C(O)c1ccncc1C=CCCCl. The maximum Gasteiger partial charge on any atom is 0.336 e. The summed E-state index contributed by atoms with van der Waals surface area (Å²) in [7, 11) is 0. The van der Waals surface area contributed by atoms with E-state index in [0.717, 1.165) is 6.42 Å². The van der Waals surface area contributed by atoms with E-state index in [4.69, 9.17) is 16.7 Å². The lowest BCUT2D eigenvalue weighted by molar-refractivity contribution is 0.0696. The second-order valence-corrected chi connectivity index (χ2v) is 3.03. The van der Waals surface area contributed by atoms with Crippen LogP contribution in [0.4, 0.5) is 0 Å². The molecule has 1 N–H and O–H groups in total. The van der Waals surface area contributed by atoms with Crippen LogP contribution in [0, 0.1) is 0 Å². The van der Waals surface area contributed by atoms with E-state index >= 15 is 0 Å². The van der Waals surface area contributed by atoms with Crippen LogP contribution in [0.5, 0.6) is 0 Å². The molecule has 0 saturated heterocycles. The van der Waals surface area contributed by atoms with Crippen LogP contribution in [-0.4, -0.2) is 21.9 Å². The Morgan fingerprint density at radius 3 is 3.07 bits per heavy atom. The average Bonchev–Trinajstić information content (AvgIpc) is 2.19. The number of alkyl halides is 1. The minimum absolute atomic E-state index is 0.255. The Morgan fingerprint density at radius 1 is 1.64 bits per heavy atom. The zero-order chi connectivity index (χ0) is 10.4. The van der Waals surface area contributed by atoms with Crippen LogP contribution in [0.25, 0.3) is 6.08 Å². The van der Waals surface area contributed by atoms with Crippen LogP contribution in [-0.2, 0) is 0 Å². The molecule has 0 aliphatic carbocycles. The summed E-state index contributed by atoms with van der Waals surface area (Å²) in [4.78, 5) is 14.6. The Hall–Kier alpha value is -1.35. The fraction of sp³-hybridized carbons (Fsp3) is 0.200. The highest BCUT2D eigenvalue weighted by molar-refractivity contribution is 6.17. The molecule has 0 saturated carbocycles. The summed E-state index contributed by atoms with van der Waals surface area (Å²) in [5.41, 5.74) is 0.857. The summed E-state index contributed by atoms with van der Waals surface area (Å²) < 4.78 is 0. The zero-order valence-electron chi connectivity index (χ0n) is 7.48. The Kier molecular flexibility index (Phi) is 4.13. The van der Waals surface area contributed by atoms with Crippen molar-refractivity contribution in [2.45, 2.75) is 6.42 Å². The van der Waals surface area contributed by atoms with Crippen molar-refractivity contribution in [1.29, 1.82) is 0 Å². The molecule has 74 valence electrons. The van der Waals surface area contributed by atoms with E-state index in [1.165, 1.54) is 18.5 Å². The molecule has 1 heterocycles. The first-order valence-corrected chi connectivity index (χ1v) is 4.69. The summed E-state index contributed by atoms with van der Waals surface area (Å²) in [6.45, 7) is 0. The van der Waals surface area contributed by atoms with Gasteiger partial charge in [0, 0.05) is 23.8 Å². The van der Waals surface area contributed by atoms with Crippen molar-refractivity contribution in [2.24, 2.45) is 0 Å². The Morgan fingerprint density at radius 2 is 2.43 bits per heavy atom. The van der Waals surface area contributed by atoms with Crippen molar-refractivity contribution in [3.05, 3.63) is 35.7 Å². The number of carboxylic acid groups (broad SMARTS) is 1. The number of carbonyl (C=O) groups is 1. The number of allylic oxidation sites excluding steroid dienone is 1. The van der Waals surface area contributed by atoms with Gasteiger partial charge in [0.1, 0.15) is 0 Å². The van der Waals surface area contributed by atoms with Gasteiger partial charge in [-0.05, 0) is 12.5 Å². The van der Waals surface area contributed by atoms with Crippen LogP contribution in [0.1, 0.15) is 22.3 Å². The smallest absolute Gasteiger partial charge is 0.336 e. The van der Waals surface area contributed by atoms with Crippen molar-refractivity contribution in [3.63, 3.8) is 0 Å². The van der Waals surface area contributed by atoms with Gasteiger partial charge in [-0.3, -0.25) is 4.98 Å². The molecule has 14 heavy (non-hydrogen) atoms. The molecule has 0 fully saturated rings. The number of aromatic nitrogens is 1. The van der Waals surface area contributed by atoms with Crippen molar-refractivity contribution in [2.75, 3.05) is 5.88 Å². The first-order chi connectivity index (χ1) is 6.75. The molecule has 0 aliphatic rings. The highest BCUT2D eigenvalue weighted by Gasteiger charge is 2.05. The molecule has 0 aliphatic heterocycles. The van der Waals surface area contributed by atoms with Crippen molar-refractivity contribution >= 4 is 23.6 Å². The molecular formula is C10H10ClNO2. The molecule has 0 aromatic carbocycles. The number of hydrogen-bond donors (Lipinski definition) is 1. The number of halogens is 1. The molecule has 1 rings (SSSR count). The monoisotopic (exact) mass is 211 g/mol. The molecule has 0 unspecified atom stereocenters. The molecular weight excluding hydrogens is 202 g/mol. The largest absolute Gasteiger partial charge is 0.478 e. The van der Waals surface area contributed by atoms with Gasteiger partial charge < -0.3 is 5.11 Å². The van der Waals surface area contributed by atoms with Gasteiger partial charge in [-0.1, -0.05) is 12.2 Å². The van der Waals surface area contributed by atoms with Gasteiger partial charge in [0.2, 0.25) is 0 Å². The molecule has 1 aromatic heterocycles. The molecule has 0 atom stereocenters. The van der Waals surface area contributed by atoms with E-state index in [0.29, 0.717) is 11.4 Å². The van der Waals surface area contributed by atoms with Gasteiger partial charge >= 0.3 is 5.97 Å². The van der Waals surface area contributed by atoms with Crippen LogP contribution >= 0.6 is 11.6 Å². The minimum atomic E-state index is -0.946. The summed E-state index contributed by atoms with van der Waals surface area (Å²) in [6.07, 6.45) is 7.25. The van der Waals surface area contributed by atoms with E-state index in [9.17, 15) is 4.79 Å². The van der Waals surface area contributed by atoms with Crippen LogP contribution in [0.2, 0.25) is 0 Å². The van der Waals surface area contributed by atoms with Crippen LogP contribution in [0.3, 0.4) is 0 Å². The normalized spacial score (nSPS) is 10.6. The first-order valence-electron chi connectivity index (χ1n) is 4.15. The van der Waals surface area contributed by atoms with E-state index in [-0.39, 0.29) is 5.56 Å². The minimum Gasteiger partial charge on any atom is -0.478 e. The lowest BCUT2D eigenvalue weighted by Gasteiger charge is -1.98. The zero-order valence-corrected chi connectivity index (χ0v) is 8.24. The lowest BCUT2D eigenvalue weighted by Crippen LogP contribution is -1.99. The fourth-order valence-electron chi connectivity index (χ4n) is 1.01. The van der Waals surface area contributed by atoms with Gasteiger partial charge in [-0.15, -0.1) is 11.6 Å². The first kappa shape index (κ1) is 10.7. The average molecular weight is 212 g/mol. The second kappa shape index (κ2) is 5.40. The molecule has 0 amide bonds. The third-order valence-corrected chi connectivity index (χ3v) is 1.87. The third-order valence-electron chi connectivity index (χ3n) is 1.66. The quantitative estimate of drug-likeness (QED) is 0.779.